The molecule has 0 spiro atoms. The molecule has 6 nitrogen and oxygen atoms in total. The van der Waals surface area contributed by atoms with E-state index in [2.05, 4.69) is 24.1 Å². The van der Waals surface area contributed by atoms with E-state index >= 15 is 0 Å². The maximum Gasteiger partial charge on any atom is 0.242 e. The minimum atomic E-state index is -0.783. The molecule has 1 unspecified atom stereocenters. The van der Waals surface area contributed by atoms with Crippen LogP contribution in [0.5, 0.6) is 0 Å². The Balaban J connectivity index is 2.31. The molecule has 0 radical (unpaired) electrons. The van der Waals surface area contributed by atoms with Gasteiger partial charge in [0.2, 0.25) is 11.8 Å². The number of nitrogens with one attached hydrogen (secondary N) is 1. The van der Waals surface area contributed by atoms with Gasteiger partial charge in [-0.1, -0.05) is 27.2 Å². The molecule has 1 rings (SSSR count). The van der Waals surface area contributed by atoms with Crippen molar-refractivity contribution >= 4 is 11.8 Å². The first-order valence-electron chi connectivity index (χ1n) is 9.94. The molecule has 0 aliphatic carbocycles. The van der Waals surface area contributed by atoms with Crippen molar-refractivity contribution in [1.29, 1.82) is 0 Å². The zero-order valence-corrected chi connectivity index (χ0v) is 16.6. The van der Waals surface area contributed by atoms with Gasteiger partial charge in [0.1, 0.15) is 0 Å². The highest BCUT2D eigenvalue weighted by Gasteiger charge is 2.35. The van der Waals surface area contributed by atoms with E-state index in [-0.39, 0.29) is 17.7 Å². The van der Waals surface area contributed by atoms with Crippen LogP contribution in [0.2, 0.25) is 0 Å². The lowest BCUT2D eigenvalue weighted by molar-refractivity contribution is -0.140. The van der Waals surface area contributed by atoms with Crippen molar-refractivity contribution < 1.29 is 9.59 Å². The van der Waals surface area contributed by atoms with Crippen molar-refractivity contribution in [3.8, 4) is 0 Å². The van der Waals surface area contributed by atoms with Gasteiger partial charge in [0.15, 0.2) is 0 Å². The molecule has 1 aliphatic heterocycles. The van der Waals surface area contributed by atoms with Crippen LogP contribution in [0.4, 0.5) is 0 Å². The number of carbonyl (C=O) groups excluding carboxylic acids is 2. The number of carbonyl (C=O) groups is 2. The van der Waals surface area contributed by atoms with E-state index < -0.39 is 5.54 Å². The van der Waals surface area contributed by atoms with Crippen LogP contribution in [0.1, 0.15) is 59.8 Å². The maximum absolute atomic E-state index is 12.5. The molecule has 2 amide bonds. The van der Waals surface area contributed by atoms with E-state index in [9.17, 15) is 9.59 Å². The molecule has 0 aromatic carbocycles. The van der Waals surface area contributed by atoms with Crippen LogP contribution in [-0.2, 0) is 9.59 Å². The van der Waals surface area contributed by atoms with E-state index in [1.165, 1.54) is 0 Å². The SMILES string of the molecule is CCCC(C)(N)C(=O)N1CCC(C(=O)NCCCN(CC)CC)CC1. The Kier molecular flexibility index (Phi) is 9.43. The van der Waals surface area contributed by atoms with Crippen LogP contribution in [0, 0.1) is 5.92 Å². The van der Waals surface area contributed by atoms with Gasteiger partial charge in [-0.25, -0.2) is 0 Å². The van der Waals surface area contributed by atoms with Gasteiger partial charge in [-0.2, -0.15) is 0 Å². The minimum Gasteiger partial charge on any atom is -0.356 e. The fourth-order valence-corrected chi connectivity index (χ4v) is 3.53. The molecular weight excluding hydrogens is 316 g/mol. The zero-order chi connectivity index (χ0) is 18.9. The molecule has 3 N–H and O–H groups in total. The summed E-state index contributed by atoms with van der Waals surface area (Å²) in [6.07, 6.45) is 4.03. The molecule has 0 bridgehead atoms. The van der Waals surface area contributed by atoms with Crippen LogP contribution in [0.3, 0.4) is 0 Å². The van der Waals surface area contributed by atoms with Crippen molar-refractivity contribution in [3.63, 3.8) is 0 Å². The van der Waals surface area contributed by atoms with Crippen molar-refractivity contribution in [3.05, 3.63) is 0 Å². The standard InChI is InChI=1S/C19H38N4O2/c1-5-11-19(4,20)18(25)23-14-9-16(10-15-23)17(24)21-12-8-13-22(6-2)7-3/h16H,5-15,20H2,1-4H3,(H,21,24). The highest BCUT2D eigenvalue weighted by Crippen LogP contribution is 2.21. The van der Waals surface area contributed by atoms with Gasteiger partial charge in [-0.05, 0) is 52.2 Å². The van der Waals surface area contributed by atoms with Gasteiger partial charge in [0.05, 0.1) is 5.54 Å². The highest BCUT2D eigenvalue weighted by atomic mass is 16.2. The molecule has 0 aromatic rings. The lowest BCUT2D eigenvalue weighted by Gasteiger charge is -2.36. The smallest absolute Gasteiger partial charge is 0.242 e. The summed E-state index contributed by atoms with van der Waals surface area (Å²) >= 11 is 0. The first kappa shape index (κ1) is 21.9. The molecule has 0 aromatic heterocycles. The van der Waals surface area contributed by atoms with Crippen LogP contribution < -0.4 is 11.1 Å². The molecule has 1 fully saturated rings. The Labute approximate surface area is 153 Å². The average molecular weight is 355 g/mol. The summed E-state index contributed by atoms with van der Waals surface area (Å²) in [6.45, 7) is 13.3. The molecule has 1 aliphatic rings. The topological polar surface area (TPSA) is 78.7 Å². The minimum absolute atomic E-state index is 0.0208. The summed E-state index contributed by atoms with van der Waals surface area (Å²) < 4.78 is 0. The lowest BCUT2D eigenvalue weighted by atomic mass is 9.91. The third-order valence-electron chi connectivity index (χ3n) is 5.26. The van der Waals surface area contributed by atoms with E-state index in [4.69, 9.17) is 5.73 Å². The van der Waals surface area contributed by atoms with Gasteiger partial charge >= 0.3 is 0 Å². The van der Waals surface area contributed by atoms with Gasteiger partial charge in [0, 0.05) is 25.6 Å². The van der Waals surface area contributed by atoms with E-state index in [0.29, 0.717) is 19.5 Å². The predicted octanol–water partition coefficient (Wildman–Crippen LogP) is 1.59. The molecule has 0 saturated carbocycles. The molecule has 146 valence electrons. The summed E-state index contributed by atoms with van der Waals surface area (Å²) in [5.74, 6) is 0.177. The normalized spacial score (nSPS) is 18.2. The first-order chi connectivity index (χ1) is 11.9. The van der Waals surface area contributed by atoms with Crippen LogP contribution in [0.15, 0.2) is 0 Å². The molecule has 1 atom stereocenters. The number of hydrogen-bond donors (Lipinski definition) is 2. The summed E-state index contributed by atoms with van der Waals surface area (Å²) in [5, 5.41) is 3.06. The molecular formula is C19H38N4O2. The zero-order valence-electron chi connectivity index (χ0n) is 16.6. The third kappa shape index (κ3) is 6.94. The third-order valence-corrected chi connectivity index (χ3v) is 5.26. The Morgan fingerprint density at radius 2 is 1.80 bits per heavy atom. The number of amides is 2. The largest absolute Gasteiger partial charge is 0.356 e. The number of rotatable bonds is 10. The second-order valence-electron chi connectivity index (χ2n) is 7.41. The first-order valence-corrected chi connectivity index (χ1v) is 9.94. The molecule has 1 saturated heterocycles. The fourth-order valence-electron chi connectivity index (χ4n) is 3.53. The lowest BCUT2D eigenvalue weighted by Crippen LogP contribution is -2.55. The molecule has 6 heteroatoms. The summed E-state index contributed by atoms with van der Waals surface area (Å²) in [4.78, 5) is 29.0. The van der Waals surface area contributed by atoms with Crippen LogP contribution in [-0.4, -0.2) is 66.4 Å². The van der Waals surface area contributed by atoms with Crippen molar-refractivity contribution in [2.75, 3.05) is 39.3 Å². The van der Waals surface area contributed by atoms with Crippen molar-refractivity contribution in [2.45, 2.75) is 65.3 Å². The monoisotopic (exact) mass is 354 g/mol. The summed E-state index contributed by atoms with van der Waals surface area (Å²) in [6, 6.07) is 0. The predicted molar refractivity (Wildman–Crippen MR) is 102 cm³/mol. The average Bonchev–Trinajstić information content (AvgIpc) is 2.61. The fraction of sp³-hybridized carbons (Fsp3) is 0.895. The number of hydrogen-bond acceptors (Lipinski definition) is 4. The summed E-state index contributed by atoms with van der Waals surface area (Å²) in [5.41, 5.74) is 5.37. The second-order valence-corrected chi connectivity index (χ2v) is 7.41. The Bertz CT molecular complexity index is 414. The highest BCUT2D eigenvalue weighted by molar-refractivity contribution is 5.86. The van der Waals surface area contributed by atoms with E-state index in [1.807, 2.05) is 18.7 Å². The number of likely N-dealkylation sites (tertiary alicyclic amines) is 1. The number of nitrogens with two attached hydrogens (primary N) is 1. The Morgan fingerprint density at radius 3 is 2.32 bits per heavy atom. The van der Waals surface area contributed by atoms with E-state index in [1.54, 1.807) is 0 Å². The van der Waals surface area contributed by atoms with Crippen molar-refractivity contribution in [2.24, 2.45) is 11.7 Å². The quantitative estimate of drug-likeness (QED) is 0.584. The van der Waals surface area contributed by atoms with Gasteiger partial charge in [0.25, 0.3) is 0 Å². The van der Waals surface area contributed by atoms with E-state index in [0.717, 1.165) is 51.9 Å². The number of piperidine rings is 1. The van der Waals surface area contributed by atoms with Gasteiger partial charge < -0.3 is 20.9 Å². The number of nitrogens with zero attached hydrogens (tertiary/aromatic N) is 2. The second kappa shape index (κ2) is 10.8. The van der Waals surface area contributed by atoms with Crippen molar-refractivity contribution in [1.82, 2.24) is 15.1 Å². The molecule has 25 heavy (non-hydrogen) atoms. The maximum atomic E-state index is 12.5. The Hall–Kier alpha value is -1.14. The summed E-state index contributed by atoms with van der Waals surface area (Å²) in [7, 11) is 0. The van der Waals surface area contributed by atoms with Gasteiger partial charge in [-0.3, -0.25) is 9.59 Å². The Morgan fingerprint density at radius 1 is 1.20 bits per heavy atom. The van der Waals surface area contributed by atoms with Gasteiger partial charge in [-0.15, -0.1) is 0 Å². The van der Waals surface area contributed by atoms with Crippen LogP contribution >= 0.6 is 0 Å². The molecule has 1 heterocycles. The van der Waals surface area contributed by atoms with Crippen LogP contribution in [0.25, 0.3) is 0 Å².